The van der Waals surface area contributed by atoms with Crippen LogP contribution in [0.3, 0.4) is 0 Å². The van der Waals surface area contributed by atoms with Gasteiger partial charge in [-0.3, -0.25) is 9.59 Å². The Morgan fingerprint density at radius 3 is 2.33 bits per heavy atom. The highest BCUT2D eigenvalue weighted by Gasteiger charge is 2.41. The Morgan fingerprint density at radius 2 is 1.72 bits per heavy atom. The van der Waals surface area contributed by atoms with Crippen molar-refractivity contribution >= 4 is 17.5 Å². The predicted molar refractivity (Wildman–Crippen MR) is 145 cm³/mol. The van der Waals surface area contributed by atoms with E-state index in [2.05, 4.69) is 25.1 Å². The molecule has 9 nitrogen and oxygen atoms in total. The molecule has 2 aliphatic rings. The number of hydrogen-bond acceptors (Lipinski definition) is 6. The van der Waals surface area contributed by atoms with E-state index in [1.54, 1.807) is 6.07 Å². The van der Waals surface area contributed by atoms with E-state index in [0.29, 0.717) is 11.3 Å². The first kappa shape index (κ1) is 33.3. The summed E-state index contributed by atoms with van der Waals surface area (Å²) in [5.74, 6) is -6.57. The number of alkyl halides is 8. The van der Waals surface area contributed by atoms with Crippen molar-refractivity contribution in [3.05, 3.63) is 53.1 Å². The molecule has 2 amide bonds. The second-order valence-corrected chi connectivity index (χ2v) is 11.8. The van der Waals surface area contributed by atoms with Gasteiger partial charge in [-0.15, -0.1) is 0 Å². The molecule has 2 atom stereocenters. The van der Waals surface area contributed by atoms with Gasteiger partial charge in [0, 0.05) is 31.2 Å². The molecule has 3 aromatic heterocycles. The van der Waals surface area contributed by atoms with Crippen LogP contribution in [0.4, 0.5) is 35.1 Å². The Balaban J connectivity index is 1.49. The Labute approximate surface area is 256 Å². The predicted octanol–water partition coefficient (Wildman–Crippen LogP) is 6.03. The molecule has 3 N–H and O–H groups in total. The fourth-order valence-corrected chi connectivity index (χ4v) is 5.82. The molecule has 250 valence electrons. The summed E-state index contributed by atoms with van der Waals surface area (Å²) in [6, 6.07) is 3.45. The van der Waals surface area contributed by atoms with Crippen LogP contribution in [-0.2, 0) is 4.79 Å². The van der Waals surface area contributed by atoms with E-state index in [-0.39, 0.29) is 30.0 Å². The second kappa shape index (κ2) is 12.6. The smallest absolute Gasteiger partial charge is 0.422 e. The van der Waals surface area contributed by atoms with Crippen molar-refractivity contribution in [2.45, 2.75) is 81.6 Å². The molecule has 17 heteroatoms. The lowest BCUT2D eigenvalue weighted by Crippen LogP contribution is -2.30. The molecular weight excluding hydrogens is 632 g/mol. The highest BCUT2D eigenvalue weighted by Crippen LogP contribution is 2.46. The zero-order valence-corrected chi connectivity index (χ0v) is 24.2. The molecular formula is C29H30F8N6O3. The highest BCUT2D eigenvalue weighted by molar-refractivity contribution is 5.92. The van der Waals surface area contributed by atoms with Gasteiger partial charge in [0.1, 0.15) is 5.69 Å². The summed E-state index contributed by atoms with van der Waals surface area (Å²) < 4.78 is 110. The average molecular weight is 663 g/mol. The summed E-state index contributed by atoms with van der Waals surface area (Å²) in [6.07, 6.45) is -7.50. The minimum absolute atomic E-state index is 0.00699. The normalized spacial score (nSPS) is 18.7. The lowest BCUT2D eigenvalue weighted by Gasteiger charge is -2.33. The van der Waals surface area contributed by atoms with Gasteiger partial charge in [-0.25, -0.2) is 23.3 Å². The molecule has 0 aliphatic heterocycles. The molecule has 2 saturated carbocycles. The molecule has 3 aromatic rings. The van der Waals surface area contributed by atoms with Crippen LogP contribution in [0.5, 0.6) is 5.88 Å². The number of nitrogens with zero attached hydrogens (tertiary/aromatic N) is 4. The fourth-order valence-electron chi connectivity index (χ4n) is 5.82. The molecule has 0 spiro atoms. The number of pyridine rings is 1. The zero-order valence-electron chi connectivity index (χ0n) is 24.2. The number of hydrogen-bond donors (Lipinski definition) is 2. The zero-order chi connectivity index (χ0) is 33.4. The highest BCUT2D eigenvalue weighted by atomic mass is 19.4. The van der Waals surface area contributed by atoms with Crippen molar-refractivity contribution in [1.29, 1.82) is 0 Å². The van der Waals surface area contributed by atoms with Crippen molar-refractivity contribution in [3.8, 4) is 5.88 Å². The number of nitrogens with two attached hydrogens (primary N) is 1. The van der Waals surface area contributed by atoms with Crippen LogP contribution in [-0.4, -0.2) is 56.3 Å². The van der Waals surface area contributed by atoms with E-state index in [9.17, 15) is 44.7 Å². The summed E-state index contributed by atoms with van der Waals surface area (Å²) in [5, 5.41) is 7.02. The minimum Gasteiger partial charge on any atom is -0.468 e. The monoisotopic (exact) mass is 662 g/mol. The lowest BCUT2D eigenvalue weighted by atomic mass is 9.74. The van der Waals surface area contributed by atoms with Gasteiger partial charge in [-0.1, -0.05) is 6.07 Å². The first-order chi connectivity index (χ1) is 21.5. The van der Waals surface area contributed by atoms with Crippen LogP contribution in [0, 0.1) is 11.8 Å². The molecule has 46 heavy (non-hydrogen) atoms. The number of ether oxygens (including phenoxy) is 1. The van der Waals surface area contributed by atoms with E-state index in [0.717, 1.165) is 18.9 Å². The SMILES string of the molecule is NC(=O)c1nc(OCC(F)(F)F)ccc1[C@@H](c1cn2ncc([C@H](NC(=O)CCC(F)(F)F)C3CC3)cc2n1)C1CCC(F)(F)CC1. The van der Waals surface area contributed by atoms with E-state index in [4.69, 9.17) is 5.73 Å². The van der Waals surface area contributed by atoms with Gasteiger partial charge in [0.2, 0.25) is 17.7 Å². The largest absolute Gasteiger partial charge is 0.468 e. The third-order valence-corrected chi connectivity index (χ3v) is 8.17. The summed E-state index contributed by atoms with van der Waals surface area (Å²) in [5.41, 5.74) is 6.41. The van der Waals surface area contributed by atoms with Crippen LogP contribution >= 0.6 is 0 Å². The fraction of sp³-hybridized carbons (Fsp3) is 0.552. The Bertz CT molecular complexity index is 1580. The number of fused-ring (bicyclic) bond motifs is 1. The van der Waals surface area contributed by atoms with Gasteiger partial charge >= 0.3 is 12.4 Å². The number of nitrogens with one attached hydrogen (secondary N) is 1. The second-order valence-electron chi connectivity index (χ2n) is 11.8. The van der Waals surface area contributed by atoms with Gasteiger partial charge in [0.15, 0.2) is 12.3 Å². The average Bonchev–Trinajstić information content (AvgIpc) is 3.72. The lowest BCUT2D eigenvalue weighted by molar-refractivity contribution is -0.154. The van der Waals surface area contributed by atoms with Gasteiger partial charge in [-0.2, -0.15) is 31.4 Å². The van der Waals surface area contributed by atoms with Crippen LogP contribution < -0.4 is 15.8 Å². The van der Waals surface area contributed by atoms with Crippen molar-refractivity contribution < 1.29 is 49.4 Å². The van der Waals surface area contributed by atoms with Crippen LogP contribution in [0.15, 0.2) is 30.6 Å². The van der Waals surface area contributed by atoms with Gasteiger partial charge in [-0.05, 0) is 54.7 Å². The summed E-state index contributed by atoms with van der Waals surface area (Å²) in [7, 11) is 0. The molecule has 2 aliphatic carbocycles. The third kappa shape index (κ3) is 8.40. The maximum absolute atomic E-state index is 14.1. The maximum Gasteiger partial charge on any atom is 0.422 e. The third-order valence-electron chi connectivity index (χ3n) is 8.17. The number of imidazole rings is 1. The Hall–Kier alpha value is -4.05. The molecule has 3 heterocycles. The summed E-state index contributed by atoms with van der Waals surface area (Å²) in [6.45, 7) is -1.66. The molecule has 0 radical (unpaired) electrons. The van der Waals surface area contributed by atoms with Crippen LogP contribution in [0.1, 0.15) is 90.6 Å². The van der Waals surface area contributed by atoms with Crippen molar-refractivity contribution in [2.75, 3.05) is 6.61 Å². The number of carbonyl (C=O) groups is 2. The van der Waals surface area contributed by atoms with Gasteiger partial charge < -0.3 is 15.8 Å². The molecule has 0 unspecified atom stereocenters. The number of amides is 2. The van der Waals surface area contributed by atoms with Crippen LogP contribution in [0.25, 0.3) is 5.65 Å². The van der Waals surface area contributed by atoms with Crippen molar-refractivity contribution in [3.63, 3.8) is 0 Å². The first-order valence-corrected chi connectivity index (χ1v) is 14.6. The van der Waals surface area contributed by atoms with Gasteiger partial charge in [0.05, 0.1) is 30.6 Å². The number of halogens is 8. The summed E-state index contributed by atoms with van der Waals surface area (Å²) in [4.78, 5) is 33.4. The number of primary amides is 1. The molecule has 0 aromatic carbocycles. The number of carbonyl (C=O) groups excluding carboxylic acids is 2. The van der Waals surface area contributed by atoms with Crippen LogP contribution in [0.2, 0.25) is 0 Å². The van der Waals surface area contributed by atoms with Crippen molar-refractivity contribution in [2.24, 2.45) is 17.6 Å². The summed E-state index contributed by atoms with van der Waals surface area (Å²) >= 11 is 0. The molecule has 5 rings (SSSR count). The first-order valence-electron chi connectivity index (χ1n) is 14.6. The minimum atomic E-state index is -4.67. The molecule has 0 saturated heterocycles. The van der Waals surface area contributed by atoms with E-state index in [1.165, 1.54) is 23.0 Å². The standard InChI is InChI=1S/C29H30F8N6O3/c30-27(31)8-5-15(6-9-27)23(18-3-4-22(42-25(18)26(38)45)46-14-29(35,36)37)19-13-43-20(40-19)11-17(12-39-43)24(16-1-2-16)41-21(44)7-10-28(32,33)34/h3-4,11-13,15-16,23-24H,1-2,5-10,14H2,(H2,38,45)(H,41,44)/t23-,24+/m0/s1. The molecule has 2 fully saturated rings. The van der Waals surface area contributed by atoms with Crippen molar-refractivity contribution in [1.82, 2.24) is 24.9 Å². The van der Waals surface area contributed by atoms with E-state index in [1.807, 2.05) is 0 Å². The topological polar surface area (TPSA) is 125 Å². The number of rotatable bonds is 11. The number of aromatic nitrogens is 4. The quantitative estimate of drug-likeness (QED) is 0.242. The maximum atomic E-state index is 14.1. The Kier molecular flexibility index (Phi) is 9.14. The Morgan fingerprint density at radius 1 is 1.02 bits per heavy atom. The van der Waals surface area contributed by atoms with Gasteiger partial charge in [0.25, 0.3) is 5.91 Å². The molecule has 0 bridgehead atoms. The van der Waals surface area contributed by atoms with E-state index >= 15 is 0 Å². The van der Waals surface area contributed by atoms with E-state index < -0.39 is 91.8 Å².